The highest BCUT2D eigenvalue weighted by Gasteiger charge is 2.27. The van der Waals surface area contributed by atoms with Crippen LogP contribution in [0.15, 0.2) is 84.9 Å². The highest BCUT2D eigenvalue weighted by atomic mass is 16.3. The predicted octanol–water partition coefficient (Wildman–Crippen LogP) is 4.44. The Kier molecular flexibility index (Phi) is 6.40. The van der Waals surface area contributed by atoms with Gasteiger partial charge in [-0.2, -0.15) is 0 Å². The molecule has 0 aliphatic carbocycles. The number of aliphatic hydroxyl groups excluding tert-OH is 1. The Bertz CT molecular complexity index is 832. The Morgan fingerprint density at radius 2 is 1.21 bits per heavy atom. The van der Waals surface area contributed by atoms with Crippen LogP contribution in [-0.4, -0.2) is 47.6 Å². The van der Waals surface area contributed by atoms with Crippen LogP contribution in [0, 0.1) is 6.92 Å². The van der Waals surface area contributed by atoms with Crippen LogP contribution in [0.3, 0.4) is 0 Å². The Balaban J connectivity index is 1.42. The summed E-state index contributed by atoms with van der Waals surface area (Å²) in [5.41, 5.74) is 4.91. The lowest BCUT2D eigenvalue weighted by atomic mass is 9.96. The van der Waals surface area contributed by atoms with E-state index in [1.165, 1.54) is 16.7 Å². The first-order valence-electron chi connectivity index (χ1n) is 10.5. The fourth-order valence-corrected chi connectivity index (χ4v) is 4.23. The molecule has 3 aromatic carbocycles. The summed E-state index contributed by atoms with van der Waals surface area (Å²) in [4.78, 5) is 4.95. The molecule has 1 atom stereocenters. The maximum Gasteiger partial charge on any atom is 0.0916 e. The van der Waals surface area contributed by atoms with Gasteiger partial charge in [0.25, 0.3) is 0 Å². The summed E-state index contributed by atoms with van der Waals surface area (Å²) >= 11 is 0. The lowest BCUT2D eigenvalue weighted by Gasteiger charge is -2.40. The van der Waals surface area contributed by atoms with Gasteiger partial charge < -0.3 is 5.11 Å². The van der Waals surface area contributed by atoms with Gasteiger partial charge in [0.2, 0.25) is 0 Å². The van der Waals surface area contributed by atoms with Crippen molar-refractivity contribution in [2.45, 2.75) is 19.1 Å². The summed E-state index contributed by atoms with van der Waals surface area (Å²) in [6, 6.07) is 30.1. The van der Waals surface area contributed by atoms with Gasteiger partial charge in [-0.3, -0.25) is 9.80 Å². The van der Waals surface area contributed by atoms with Crippen LogP contribution in [0.25, 0.3) is 0 Å². The molecule has 0 amide bonds. The number of nitrogens with zero attached hydrogens (tertiary/aromatic N) is 2. The Morgan fingerprint density at radius 3 is 1.72 bits per heavy atom. The van der Waals surface area contributed by atoms with Gasteiger partial charge in [0.15, 0.2) is 0 Å². The third-order valence-corrected chi connectivity index (χ3v) is 5.90. The molecular formula is C26H30N2O. The van der Waals surface area contributed by atoms with Crippen LogP contribution >= 0.6 is 0 Å². The summed E-state index contributed by atoms with van der Waals surface area (Å²) in [6.45, 7) is 6.70. The molecule has 1 unspecified atom stereocenters. The normalized spacial score (nSPS) is 16.8. The summed E-state index contributed by atoms with van der Waals surface area (Å²) < 4.78 is 0. The van der Waals surface area contributed by atoms with Gasteiger partial charge in [-0.05, 0) is 23.6 Å². The van der Waals surface area contributed by atoms with Crippen molar-refractivity contribution >= 4 is 0 Å². The number of benzene rings is 3. The zero-order valence-corrected chi connectivity index (χ0v) is 17.1. The summed E-state index contributed by atoms with van der Waals surface area (Å²) in [5, 5.41) is 10.6. The summed E-state index contributed by atoms with van der Waals surface area (Å²) in [7, 11) is 0. The Hall–Kier alpha value is -2.46. The zero-order chi connectivity index (χ0) is 20.1. The Morgan fingerprint density at radius 1 is 0.690 bits per heavy atom. The molecule has 1 aliphatic rings. The lowest BCUT2D eigenvalue weighted by Crippen LogP contribution is -2.48. The molecule has 1 saturated heterocycles. The highest BCUT2D eigenvalue weighted by molar-refractivity contribution is 5.32. The fraction of sp³-hybridized carbons (Fsp3) is 0.308. The zero-order valence-electron chi connectivity index (χ0n) is 17.1. The van der Waals surface area contributed by atoms with E-state index in [2.05, 4.69) is 89.5 Å². The largest absolute Gasteiger partial charge is 0.387 e. The average Bonchev–Trinajstić information content (AvgIpc) is 2.77. The van der Waals surface area contributed by atoms with Gasteiger partial charge >= 0.3 is 0 Å². The van der Waals surface area contributed by atoms with Crippen molar-refractivity contribution in [2.24, 2.45) is 0 Å². The van der Waals surface area contributed by atoms with E-state index in [4.69, 9.17) is 0 Å². The first-order chi connectivity index (χ1) is 14.2. The molecule has 0 bridgehead atoms. The van der Waals surface area contributed by atoms with Gasteiger partial charge in [0.1, 0.15) is 0 Å². The van der Waals surface area contributed by atoms with E-state index >= 15 is 0 Å². The van der Waals surface area contributed by atoms with Crippen LogP contribution in [-0.2, 0) is 0 Å². The van der Waals surface area contributed by atoms with Crippen molar-refractivity contribution in [1.82, 2.24) is 9.80 Å². The minimum Gasteiger partial charge on any atom is -0.387 e. The number of hydrogen-bond acceptors (Lipinski definition) is 3. The van der Waals surface area contributed by atoms with Gasteiger partial charge in [-0.15, -0.1) is 0 Å². The van der Waals surface area contributed by atoms with Crippen LogP contribution in [0.5, 0.6) is 0 Å². The highest BCUT2D eigenvalue weighted by Crippen LogP contribution is 2.29. The summed E-state index contributed by atoms with van der Waals surface area (Å²) in [6.07, 6.45) is -0.429. The van der Waals surface area contributed by atoms with Crippen LogP contribution in [0.1, 0.15) is 34.4 Å². The average molecular weight is 387 g/mol. The second kappa shape index (κ2) is 9.36. The molecule has 1 N–H and O–H groups in total. The van der Waals surface area contributed by atoms with E-state index in [9.17, 15) is 5.11 Å². The molecule has 3 heteroatoms. The number of aryl methyl sites for hydroxylation is 1. The topological polar surface area (TPSA) is 26.7 Å². The third-order valence-electron chi connectivity index (χ3n) is 5.90. The fourth-order valence-electron chi connectivity index (χ4n) is 4.23. The maximum atomic E-state index is 10.6. The van der Waals surface area contributed by atoms with Gasteiger partial charge in [-0.1, -0.05) is 90.5 Å². The molecule has 150 valence electrons. The van der Waals surface area contributed by atoms with E-state index in [1.54, 1.807) is 0 Å². The molecule has 0 aromatic heterocycles. The first kappa shape index (κ1) is 19.8. The molecule has 1 aliphatic heterocycles. The standard InChI is InChI=1S/C26H30N2O/c1-21-12-14-22(15-13-21)25(29)20-27-16-18-28(19-17-27)26(23-8-4-2-5-9-23)24-10-6-3-7-11-24/h2-15,25-26,29H,16-20H2,1H3. The quantitative estimate of drug-likeness (QED) is 0.679. The Labute approximate surface area is 174 Å². The van der Waals surface area contributed by atoms with E-state index in [0.717, 1.165) is 31.7 Å². The number of β-amino-alcohol motifs (C(OH)–C–C–N with tert-alkyl or cyclic N) is 1. The lowest BCUT2D eigenvalue weighted by molar-refractivity contribution is 0.0623. The number of piperazine rings is 1. The first-order valence-corrected chi connectivity index (χ1v) is 10.5. The second-order valence-corrected chi connectivity index (χ2v) is 7.99. The van der Waals surface area contributed by atoms with Gasteiger partial charge in [0.05, 0.1) is 12.1 Å². The summed E-state index contributed by atoms with van der Waals surface area (Å²) in [5.74, 6) is 0. The molecular weight excluding hydrogens is 356 g/mol. The predicted molar refractivity (Wildman–Crippen MR) is 119 cm³/mol. The minimum absolute atomic E-state index is 0.279. The number of rotatable bonds is 6. The number of aliphatic hydroxyl groups is 1. The smallest absolute Gasteiger partial charge is 0.0916 e. The van der Waals surface area contributed by atoms with Crippen molar-refractivity contribution in [3.05, 3.63) is 107 Å². The van der Waals surface area contributed by atoms with Crippen molar-refractivity contribution < 1.29 is 5.11 Å². The van der Waals surface area contributed by atoms with Crippen molar-refractivity contribution in [2.75, 3.05) is 32.7 Å². The van der Waals surface area contributed by atoms with Crippen LogP contribution < -0.4 is 0 Å². The van der Waals surface area contributed by atoms with Crippen LogP contribution in [0.2, 0.25) is 0 Å². The molecule has 0 saturated carbocycles. The SMILES string of the molecule is Cc1ccc(C(O)CN2CCN(C(c3ccccc3)c3ccccc3)CC2)cc1. The monoisotopic (exact) mass is 386 g/mol. The van der Waals surface area contributed by atoms with E-state index in [0.29, 0.717) is 6.54 Å². The molecule has 4 rings (SSSR count). The molecule has 0 radical (unpaired) electrons. The number of hydrogen-bond donors (Lipinski definition) is 1. The van der Waals surface area contributed by atoms with E-state index < -0.39 is 6.10 Å². The molecule has 0 spiro atoms. The van der Waals surface area contributed by atoms with Gasteiger partial charge in [-0.25, -0.2) is 0 Å². The molecule has 3 aromatic rings. The van der Waals surface area contributed by atoms with Crippen molar-refractivity contribution in [1.29, 1.82) is 0 Å². The minimum atomic E-state index is -0.429. The van der Waals surface area contributed by atoms with Crippen molar-refractivity contribution in [3.8, 4) is 0 Å². The molecule has 3 nitrogen and oxygen atoms in total. The second-order valence-electron chi connectivity index (χ2n) is 7.99. The molecule has 1 heterocycles. The van der Waals surface area contributed by atoms with Gasteiger partial charge in [0, 0.05) is 32.7 Å². The third kappa shape index (κ3) is 4.94. The molecule has 29 heavy (non-hydrogen) atoms. The van der Waals surface area contributed by atoms with E-state index in [1.807, 2.05) is 12.1 Å². The maximum absolute atomic E-state index is 10.6. The van der Waals surface area contributed by atoms with Crippen molar-refractivity contribution in [3.63, 3.8) is 0 Å². The molecule has 1 fully saturated rings. The van der Waals surface area contributed by atoms with E-state index in [-0.39, 0.29) is 6.04 Å². The van der Waals surface area contributed by atoms with Crippen LogP contribution in [0.4, 0.5) is 0 Å².